The summed E-state index contributed by atoms with van der Waals surface area (Å²) in [6, 6.07) is 0. The van der Waals surface area contributed by atoms with Gasteiger partial charge in [-0.05, 0) is 19.9 Å². The molecule has 9 unspecified atom stereocenters. The Morgan fingerprint density at radius 2 is 1.66 bits per heavy atom. The quantitative estimate of drug-likeness (QED) is 0.0545. The van der Waals surface area contributed by atoms with Gasteiger partial charge in [0, 0.05) is 61.2 Å². The van der Waals surface area contributed by atoms with Crippen molar-refractivity contribution in [1.82, 2.24) is 0 Å². The van der Waals surface area contributed by atoms with Gasteiger partial charge in [-0.1, -0.05) is 51.1 Å². The molecule has 306 valence electrons. The highest BCUT2D eigenvalue weighted by molar-refractivity contribution is 6.23. The minimum absolute atomic E-state index is 0.00857. The minimum Gasteiger partial charge on any atom is -0.507 e. The molecule has 2 aromatic carbocycles. The molecule has 16 heteroatoms. The van der Waals surface area contributed by atoms with E-state index in [1.807, 2.05) is 0 Å². The molecule has 3 aliphatic heterocycles. The topological polar surface area (TPSA) is 243 Å². The number of ketones is 1. The van der Waals surface area contributed by atoms with Gasteiger partial charge in [0.25, 0.3) is 11.7 Å². The molecule has 2 aromatic rings. The molecule has 5 rings (SSSR count). The summed E-state index contributed by atoms with van der Waals surface area (Å²) in [6.45, 7) is 11.7. The Labute approximate surface area is 324 Å². The number of benzene rings is 2. The molecule has 0 aromatic heterocycles. The number of phenols is 3. The summed E-state index contributed by atoms with van der Waals surface area (Å²) in [5.74, 6) is -8.94. The van der Waals surface area contributed by atoms with Crippen molar-refractivity contribution in [3.8, 4) is 23.0 Å². The van der Waals surface area contributed by atoms with Crippen LogP contribution < -0.4 is 10.1 Å². The molecule has 0 radical (unpaired) electrons. The lowest BCUT2D eigenvalue weighted by atomic mass is 9.78. The molecule has 1 amide bonds. The number of rotatable bonds is 6. The third-order valence-corrected chi connectivity index (χ3v) is 10.5. The maximum absolute atomic E-state index is 14.2. The average molecular weight is 785 g/mol. The summed E-state index contributed by atoms with van der Waals surface area (Å²) in [4.78, 5) is 45.0. The highest BCUT2D eigenvalue weighted by atomic mass is 16.7. The summed E-state index contributed by atoms with van der Waals surface area (Å²) in [7, 11) is 1.41. The van der Waals surface area contributed by atoms with Gasteiger partial charge in [0.2, 0.25) is 0 Å². The highest BCUT2D eigenvalue weighted by Crippen LogP contribution is 2.55. The lowest BCUT2D eigenvalue weighted by Gasteiger charge is -2.38. The SMILES string of the molecule is COC1C=COC2(C)Oc3c(C)c(O)c4c(O)c(c(C=NOCCO)c(O)c4c3C2=O)NC(=O)C(C)=CC=CC(C)C(O)C(C)C(O)C(C)C(OC(C)=O)C1C. The Morgan fingerprint density at radius 1 is 0.982 bits per heavy atom. The fourth-order valence-electron chi connectivity index (χ4n) is 7.06. The van der Waals surface area contributed by atoms with E-state index in [0.717, 1.165) is 12.5 Å². The zero-order chi connectivity index (χ0) is 41.8. The molecule has 0 saturated heterocycles. The van der Waals surface area contributed by atoms with E-state index >= 15 is 0 Å². The Hall–Kier alpha value is -5.16. The standard InChI is InChI=1S/C40H52N2O14/c1-18-11-10-12-19(2)39(51)42-30-25(17-41-54-16-14-43)34(48)27-28(35(30)49)33(47)23(6)37-29(27)38(50)40(8,56-37)53-15-13-26(52-9)20(3)36(55-24(7)44)22(5)32(46)21(4)31(18)45/h10-13,15,17-18,20-22,26,31-32,36,43,45-49H,14,16H2,1-9H3,(H,42,51). The van der Waals surface area contributed by atoms with Gasteiger partial charge >= 0.3 is 11.8 Å². The first-order chi connectivity index (χ1) is 26.3. The summed E-state index contributed by atoms with van der Waals surface area (Å²) in [5.41, 5.74) is -0.836. The van der Waals surface area contributed by atoms with E-state index in [-0.39, 0.29) is 45.4 Å². The lowest BCUT2D eigenvalue weighted by molar-refractivity contribution is -0.160. The molecule has 9 atom stereocenters. The van der Waals surface area contributed by atoms with Gasteiger partial charge in [-0.3, -0.25) is 14.4 Å². The van der Waals surface area contributed by atoms with Crippen LogP contribution in [0.2, 0.25) is 0 Å². The van der Waals surface area contributed by atoms with Crippen LogP contribution in [0.1, 0.15) is 70.0 Å². The van der Waals surface area contributed by atoms with Crippen LogP contribution in [0.3, 0.4) is 0 Å². The summed E-state index contributed by atoms with van der Waals surface area (Å²) < 4.78 is 23.4. The van der Waals surface area contributed by atoms with Gasteiger partial charge < -0.3 is 59.7 Å². The van der Waals surface area contributed by atoms with Crippen LogP contribution >= 0.6 is 0 Å². The van der Waals surface area contributed by atoms with E-state index < -0.39 is 101 Å². The summed E-state index contributed by atoms with van der Waals surface area (Å²) >= 11 is 0. The number of nitrogens with zero attached hydrogens (tertiary/aromatic N) is 1. The average Bonchev–Trinajstić information content (AvgIpc) is 3.42. The summed E-state index contributed by atoms with van der Waals surface area (Å²) in [5, 5.41) is 72.3. The molecular formula is C40H52N2O14. The van der Waals surface area contributed by atoms with E-state index in [2.05, 4.69) is 10.5 Å². The Kier molecular flexibility index (Phi) is 13.8. The van der Waals surface area contributed by atoms with Crippen molar-refractivity contribution in [3.05, 3.63) is 52.8 Å². The molecule has 3 aliphatic rings. The number of aliphatic hydroxyl groups is 3. The van der Waals surface area contributed by atoms with Crippen molar-refractivity contribution in [3.63, 3.8) is 0 Å². The third-order valence-electron chi connectivity index (χ3n) is 10.5. The monoisotopic (exact) mass is 784 g/mol. The van der Waals surface area contributed by atoms with Crippen molar-refractivity contribution in [2.24, 2.45) is 28.8 Å². The van der Waals surface area contributed by atoms with Crippen molar-refractivity contribution in [1.29, 1.82) is 0 Å². The number of anilines is 1. The fraction of sp³-hybridized carbons (Fsp3) is 0.500. The van der Waals surface area contributed by atoms with Crippen molar-refractivity contribution >= 4 is 40.3 Å². The van der Waals surface area contributed by atoms with Crippen LogP contribution in [-0.4, -0.2) is 105 Å². The number of phenolic OH excluding ortho intramolecular Hbond substituents is 3. The van der Waals surface area contributed by atoms with Crippen molar-refractivity contribution in [2.75, 3.05) is 25.6 Å². The molecule has 16 nitrogen and oxygen atoms in total. The molecule has 0 spiro atoms. The van der Waals surface area contributed by atoms with Crippen LogP contribution in [0.25, 0.3) is 10.8 Å². The van der Waals surface area contributed by atoms with Gasteiger partial charge in [-0.2, -0.15) is 0 Å². The molecule has 0 aliphatic carbocycles. The second-order valence-corrected chi connectivity index (χ2v) is 14.4. The van der Waals surface area contributed by atoms with Crippen LogP contribution in [0, 0.1) is 30.6 Å². The van der Waals surface area contributed by atoms with Gasteiger partial charge in [0.05, 0.1) is 59.6 Å². The number of esters is 1. The number of aromatic hydroxyl groups is 3. The maximum Gasteiger partial charge on any atom is 0.312 e. The molecule has 7 N–H and O–H groups in total. The van der Waals surface area contributed by atoms with Gasteiger partial charge in [0.15, 0.2) is 5.75 Å². The lowest BCUT2D eigenvalue weighted by Crippen LogP contribution is -2.46. The first kappa shape index (κ1) is 43.6. The number of nitrogens with one attached hydrogen (secondary N) is 1. The Bertz CT molecular complexity index is 1950. The van der Waals surface area contributed by atoms with Gasteiger partial charge in [-0.25, -0.2) is 0 Å². The predicted octanol–water partition coefficient (Wildman–Crippen LogP) is 4.10. The van der Waals surface area contributed by atoms with E-state index in [1.165, 1.54) is 53.0 Å². The van der Waals surface area contributed by atoms with Gasteiger partial charge in [0.1, 0.15) is 30.0 Å². The van der Waals surface area contributed by atoms with Crippen LogP contribution in [0.5, 0.6) is 23.0 Å². The van der Waals surface area contributed by atoms with Crippen molar-refractivity contribution < 1.29 is 68.8 Å². The first-order valence-electron chi connectivity index (χ1n) is 18.2. The number of fused-ring (bicyclic) bond motifs is 14. The Balaban J connectivity index is 1.97. The van der Waals surface area contributed by atoms with Crippen LogP contribution in [0.4, 0.5) is 5.69 Å². The van der Waals surface area contributed by atoms with E-state index in [9.17, 15) is 39.9 Å². The molecule has 0 saturated carbocycles. The first-order valence-corrected chi connectivity index (χ1v) is 18.2. The molecular weight excluding hydrogens is 732 g/mol. The normalized spacial score (nSPS) is 29.0. The fourth-order valence-corrected chi connectivity index (χ4v) is 7.06. The number of methoxy groups -OCH3 is 1. The van der Waals surface area contributed by atoms with E-state index in [4.69, 9.17) is 28.9 Å². The number of Topliss-reactive ketones (excluding diaryl/α,β-unsaturated/α-hetero) is 1. The van der Waals surface area contributed by atoms with Crippen molar-refractivity contribution in [2.45, 2.75) is 85.6 Å². The van der Waals surface area contributed by atoms with E-state index in [1.54, 1.807) is 33.8 Å². The third kappa shape index (κ3) is 8.48. The molecule has 5 bridgehead atoms. The molecule has 0 fully saturated rings. The zero-order valence-electron chi connectivity index (χ0n) is 32.9. The number of allylic oxidation sites excluding steroid dienone is 2. The predicted molar refractivity (Wildman–Crippen MR) is 204 cm³/mol. The number of amides is 1. The molecule has 56 heavy (non-hydrogen) atoms. The largest absolute Gasteiger partial charge is 0.507 e. The highest BCUT2D eigenvalue weighted by Gasteiger charge is 2.50. The van der Waals surface area contributed by atoms with E-state index in [0.29, 0.717) is 0 Å². The van der Waals surface area contributed by atoms with Crippen LogP contribution in [0.15, 0.2) is 41.3 Å². The summed E-state index contributed by atoms with van der Waals surface area (Å²) in [6.07, 6.45) is 4.24. The number of carbonyl (C=O) groups excluding carboxylic acids is 3. The number of aliphatic hydroxyl groups excluding tert-OH is 3. The minimum atomic E-state index is -2.08. The second-order valence-electron chi connectivity index (χ2n) is 14.4. The number of carbonyl (C=O) groups is 3. The zero-order valence-corrected chi connectivity index (χ0v) is 32.9. The molecule has 3 heterocycles. The van der Waals surface area contributed by atoms with Crippen LogP contribution in [-0.2, 0) is 28.6 Å². The number of hydrogen-bond donors (Lipinski definition) is 7. The smallest absolute Gasteiger partial charge is 0.312 e. The second kappa shape index (κ2) is 17.7. The Morgan fingerprint density at radius 3 is 2.29 bits per heavy atom. The number of oxime groups is 1. The number of ether oxygens (including phenoxy) is 4. The number of hydrogen-bond acceptors (Lipinski definition) is 15. The maximum atomic E-state index is 14.2. The van der Waals surface area contributed by atoms with Gasteiger partial charge in [-0.15, -0.1) is 0 Å².